The molecule has 0 amide bonds. The van der Waals surface area contributed by atoms with Gasteiger partial charge in [-0.3, -0.25) is 4.79 Å². The van der Waals surface area contributed by atoms with Crippen LogP contribution in [-0.4, -0.2) is 27.2 Å². The van der Waals surface area contributed by atoms with E-state index in [0.29, 0.717) is 22.2 Å². The van der Waals surface area contributed by atoms with Gasteiger partial charge in [0.2, 0.25) is 0 Å². The van der Waals surface area contributed by atoms with Gasteiger partial charge in [0.05, 0.1) is 16.9 Å². The number of halogens is 1. The van der Waals surface area contributed by atoms with Crippen LogP contribution in [0, 0.1) is 17.1 Å². The SMILES string of the molecule is CC(Nc1c(C#N)c(-c2ccc(-c3cccc(O)c3)cc2)nc2ccc(F)cc12)C(=O)O. The molecule has 0 saturated heterocycles. The number of aromatic hydroxyl groups is 1. The molecule has 7 heteroatoms. The van der Waals surface area contributed by atoms with Crippen LogP contribution in [0.3, 0.4) is 0 Å². The summed E-state index contributed by atoms with van der Waals surface area (Å²) in [6.45, 7) is 1.44. The standard InChI is InChI=1S/C25H18FN3O3/c1-14(25(31)32)28-24-20-12-18(26)9-10-22(20)29-23(21(24)13-27)16-7-5-15(6-8-16)17-3-2-4-19(30)11-17/h2-12,14,30H,1H3,(H,28,29)(H,31,32). The smallest absolute Gasteiger partial charge is 0.325 e. The number of rotatable bonds is 5. The van der Waals surface area contributed by atoms with Crippen LogP contribution in [0.15, 0.2) is 66.7 Å². The van der Waals surface area contributed by atoms with Crippen molar-refractivity contribution in [2.24, 2.45) is 0 Å². The highest BCUT2D eigenvalue weighted by Gasteiger charge is 2.20. The second-order valence-corrected chi connectivity index (χ2v) is 7.32. The molecule has 1 heterocycles. The quantitative estimate of drug-likeness (QED) is 0.406. The van der Waals surface area contributed by atoms with Crippen LogP contribution in [0.25, 0.3) is 33.3 Å². The van der Waals surface area contributed by atoms with E-state index >= 15 is 0 Å². The molecule has 3 N–H and O–H groups in total. The molecule has 1 atom stereocenters. The van der Waals surface area contributed by atoms with Crippen LogP contribution in [0.4, 0.5) is 10.1 Å². The molecule has 158 valence electrons. The second-order valence-electron chi connectivity index (χ2n) is 7.32. The number of carboxylic acid groups (broad SMARTS) is 1. The molecule has 32 heavy (non-hydrogen) atoms. The van der Waals surface area contributed by atoms with Crippen LogP contribution < -0.4 is 5.32 Å². The maximum Gasteiger partial charge on any atom is 0.325 e. The lowest BCUT2D eigenvalue weighted by atomic mass is 9.98. The molecular weight excluding hydrogens is 409 g/mol. The summed E-state index contributed by atoms with van der Waals surface area (Å²) in [5, 5.41) is 32.1. The first kappa shape index (κ1) is 20.8. The highest BCUT2D eigenvalue weighted by molar-refractivity contribution is 5.99. The summed E-state index contributed by atoms with van der Waals surface area (Å²) in [6.07, 6.45) is 0. The number of hydrogen-bond acceptors (Lipinski definition) is 5. The third-order valence-electron chi connectivity index (χ3n) is 5.13. The van der Waals surface area contributed by atoms with E-state index in [9.17, 15) is 24.7 Å². The Bertz CT molecular complexity index is 1380. The van der Waals surface area contributed by atoms with Crippen molar-refractivity contribution >= 4 is 22.6 Å². The van der Waals surface area contributed by atoms with Gasteiger partial charge in [0.1, 0.15) is 29.2 Å². The van der Waals surface area contributed by atoms with Gasteiger partial charge in [-0.25, -0.2) is 9.37 Å². The number of fused-ring (bicyclic) bond motifs is 1. The Balaban J connectivity index is 1.88. The summed E-state index contributed by atoms with van der Waals surface area (Å²) in [7, 11) is 0. The highest BCUT2D eigenvalue weighted by atomic mass is 19.1. The number of phenols is 1. The zero-order chi connectivity index (χ0) is 22.8. The predicted molar refractivity (Wildman–Crippen MR) is 120 cm³/mol. The molecule has 1 unspecified atom stereocenters. The number of nitriles is 1. The summed E-state index contributed by atoms with van der Waals surface area (Å²) >= 11 is 0. The van der Waals surface area contributed by atoms with Crippen molar-refractivity contribution in [1.82, 2.24) is 4.98 Å². The van der Waals surface area contributed by atoms with E-state index in [4.69, 9.17) is 0 Å². The monoisotopic (exact) mass is 427 g/mol. The lowest BCUT2D eigenvalue weighted by molar-refractivity contribution is -0.137. The molecule has 1 aromatic heterocycles. The van der Waals surface area contributed by atoms with Crippen molar-refractivity contribution in [2.75, 3.05) is 5.32 Å². The van der Waals surface area contributed by atoms with Crippen molar-refractivity contribution in [3.63, 3.8) is 0 Å². The number of carbonyl (C=O) groups is 1. The Morgan fingerprint density at radius 1 is 1.06 bits per heavy atom. The van der Waals surface area contributed by atoms with E-state index < -0.39 is 17.8 Å². The number of phenolic OH excluding ortho intramolecular Hbond substituents is 1. The van der Waals surface area contributed by atoms with Gasteiger partial charge in [0.15, 0.2) is 0 Å². The first-order chi connectivity index (χ1) is 15.4. The average molecular weight is 427 g/mol. The highest BCUT2D eigenvalue weighted by Crippen LogP contribution is 2.35. The summed E-state index contributed by atoms with van der Waals surface area (Å²) in [5.74, 6) is -1.46. The van der Waals surface area contributed by atoms with Gasteiger partial charge in [0, 0.05) is 10.9 Å². The number of pyridine rings is 1. The molecule has 6 nitrogen and oxygen atoms in total. The molecule has 0 radical (unpaired) electrons. The molecule has 0 fully saturated rings. The number of nitrogens with zero attached hydrogens (tertiary/aromatic N) is 2. The van der Waals surface area contributed by atoms with Gasteiger partial charge in [-0.1, -0.05) is 36.4 Å². The number of benzene rings is 3. The average Bonchev–Trinajstić information content (AvgIpc) is 2.79. The fourth-order valence-corrected chi connectivity index (χ4v) is 3.49. The number of nitrogens with one attached hydrogen (secondary N) is 1. The maximum atomic E-state index is 13.9. The third kappa shape index (κ3) is 3.94. The van der Waals surface area contributed by atoms with Gasteiger partial charge in [-0.15, -0.1) is 0 Å². The number of aliphatic carboxylic acids is 1. The Labute approximate surface area is 183 Å². The zero-order valence-electron chi connectivity index (χ0n) is 17.0. The van der Waals surface area contributed by atoms with Gasteiger partial charge in [-0.05, 0) is 48.4 Å². The van der Waals surface area contributed by atoms with Crippen LogP contribution in [0.1, 0.15) is 12.5 Å². The van der Waals surface area contributed by atoms with Crippen LogP contribution in [0.5, 0.6) is 5.75 Å². The molecular formula is C25H18FN3O3. The van der Waals surface area contributed by atoms with Gasteiger partial charge in [0.25, 0.3) is 0 Å². The van der Waals surface area contributed by atoms with Gasteiger partial charge in [-0.2, -0.15) is 5.26 Å². The van der Waals surface area contributed by atoms with Gasteiger partial charge < -0.3 is 15.5 Å². The van der Waals surface area contributed by atoms with Gasteiger partial charge >= 0.3 is 5.97 Å². The van der Waals surface area contributed by atoms with Crippen LogP contribution >= 0.6 is 0 Å². The van der Waals surface area contributed by atoms with E-state index in [2.05, 4.69) is 16.4 Å². The zero-order valence-corrected chi connectivity index (χ0v) is 17.0. The molecule has 0 aliphatic rings. The van der Waals surface area contributed by atoms with Crippen molar-refractivity contribution in [3.05, 3.63) is 78.1 Å². The molecule has 0 aliphatic carbocycles. The van der Waals surface area contributed by atoms with Crippen molar-refractivity contribution in [1.29, 1.82) is 5.26 Å². The van der Waals surface area contributed by atoms with E-state index in [1.807, 2.05) is 18.2 Å². The third-order valence-corrected chi connectivity index (χ3v) is 5.13. The van der Waals surface area contributed by atoms with Crippen LogP contribution in [-0.2, 0) is 4.79 Å². The first-order valence-corrected chi connectivity index (χ1v) is 9.80. The lowest BCUT2D eigenvalue weighted by Crippen LogP contribution is -2.26. The fourth-order valence-electron chi connectivity index (χ4n) is 3.49. The molecule has 0 spiro atoms. The van der Waals surface area contributed by atoms with Crippen molar-refractivity contribution in [2.45, 2.75) is 13.0 Å². The van der Waals surface area contributed by atoms with Crippen molar-refractivity contribution < 1.29 is 19.4 Å². The first-order valence-electron chi connectivity index (χ1n) is 9.80. The largest absolute Gasteiger partial charge is 0.508 e. The van der Waals surface area contributed by atoms with Crippen molar-refractivity contribution in [3.8, 4) is 34.2 Å². The van der Waals surface area contributed by atoms with E-state index in [-0.39, 0.29) is 17.0 Å². The molecule has 0 saturated carbocycles. The van der Waals surface area contributed by atoms with E-state index in [1.165, 1.54) is 25.1 Å². The van der Waals surface area contributed by atoms with Crippen LogP contribution in [0.2, 0.25) is 0 Å². The maximum absolute atomic E-state index is 13.9. The Hall–Kier alpha value is -4.44. The summed E-state index contributed by atoms with van der Waals surface area (Å²) in [4.78, 5) is 16.0. The molecule has 4 aromatic rings. The summed E-state index contributed by atoms with van der Waals surface area (Å²) in [6, 6.07) is 19.2. The number of hydrogen-bond donors (Lipinski definition) is 3. The summed E-state index contributed by atoms with van der Waals surface area (Å²) in [5.41, 5.74) is 3.47. The lowest BCUT2D eigenvalue weighted by Gasteiger charge is -2.17. The minimum Gasteiger partial charge on any atom is -0.508 e. The summed E-state index contributed by atoms with van der Waals surface area (Å²) < 4.78 is 13.9. The molecule has 3 aromatic carbocycles. The number of carboxylic acids is 1. The predicted octanol–water partition coefficient (Wildman–Crippen LogP) is 5.17. The Morgan fingerprint density at radius 2 is 1.78 bits per heavy atom. The normalized spacial score (nSPS) is 11.7. The number of anilines is 1. The minimum absolute atomic E-state index is 0.126. The van der Waals surface area contributed by atoms with E-state index in [0.717, 1.165) is 11.1 Å². The van der Waals surface area contributed by atoms with E-state index in [1.54, 1.807) is 30.3 Å². The topological polar surface area (TPSA) is 106 Å². The second kappa shape index (κ2) is 8.36. The Kier molecular flexibility index (Phi) is 5.44. The molecule has 0 bridgehead atoms. The minimum atomic E-state index is -1.10. The fraction of sp³-hybridized carbons (Fsp3) is 0.0800. The molecule has 4 rings (SSSR count). The Morgan fingerprint density at radius 3 is 2.44 bits per heavy atom. The number of aromatic nitrogens is 1. The molecule has 0 aliphatic heterocycles.